The fourth-order valence-electron chi connectivity index (χ4n) is 0.705. The highest BCUT2D eigenvalue weighted by Crippen LogP contribution is 2.15. The number of nitrogens with zero attached hydrogens (tertiary/aromatic N) is 2. The molecule has 1 rings (SSSR count). The van der Waals surface area contributed by atoms with Crippen LogP contribution in [0, 0.1) is 10.1 Å². The van der Waals surface area contributed by atoms with Gasteiger partial charge in [-0.05, 0) is 6.07 Å². The molecule has 6 heteroatoms. The highest BCUT2D eigenvalue weighted by atomic mass is 16.6. The van der Waals surface area contributed by atoms with E-state index in [1.165, 1.54) is 18.3 Å². The van der Waals surface area contributed by atoms with Crippen LogP contribution in [-0.2, 0) is 6.42 Å². The number of rotatable bonds is 3. The number of hydrogen-bond acceptors (Lipinski definition) is 5. The standard InChI is InChI=1S/C6H6N2O4/c9-7-4-3-5-1-2-6(12-5)8(10)11/h1-2,4,9H,3H2. The van der Waals surface area contributed by atoms with Gasteiger partial charge in [-0.15, -0.1) is 5.16 Å². The first-order valence-corrected chi connectivity index (χ1v) is 3.13. The second-order valence-corrected chi connectivity index (χ2v) is 2.00. The van der Waals surface area contributed by atoms with E-state index in [0.29, 0.717) is 5.76 Å². The Morgan fingerprint density at radius 3 is 3.00 bits per heavy atom. The molecule has 0 aromatic carbocycles. The van der Waals surface area contributed by atoms with Gasteiger partial charge < -0.3 is 9.62 Å². The van der Waals surface area contributed by atoms with E-state index in [2.05, 4.69) is 5.16 Å². The van der Waals surface area contributed by atoms with Crippen molar-refractivity contribution in [2.75, 3.05) is 0 Å². The predicted molar refractivity (Wildman–Crippen MR) is 39.3 cm³/mol. The van der Waals surface area contributed by atoms with E-state index in [0.717, 1.165) is 0 Å². The van der Waals surface area contributed by atoms with Crippen molar-refractivity contribution in [1.29, 1.82) is 0 Å². The van der Waals surface area contributed by atoms with Crippen molar-refractivity contribution in [2.45, 2.75) is 6.42 Å². The zero-order valence-electron chi connectivity index (χ0n) is 6.01. The lowest BCUT2D eigenvalue weighted by molar-refractivity contribution is -0.402. The van der Waals surface area contributed by atoms with Gasteiger partial charge in [0.25, 0.3) is 0 Å². The number of furan rings is 1. The molecule has 12 heavy (non-hydrogen) atoms. The third kappa shape index (κ3) is 1.82. The molecule has 0 spiro atoms. The van der Waals surface area contributed by atoms with Crippen LogP contribution in [0.15, 0.2) is 21.7 Å². The van der Waals surface area contributed by atoms with E-state index >= 15 is 0 Å². The van der Waals surface area contributed by atoms with Gasteiger partial charge >= 0.3 is 5.88 Å². The molecule has 0 saturated heterocycles. The molecule has 0 aliphatic carbocycles. The highest BCUT2D eigenvalue weighted by molar-refractivity contribution is 5.59. The second kappa shape index (κ2) is 3.51. The summed E-state index contributed by atoms with van der Waals surface area (Å²) in [5, 5.41) is 20.9. The molecule has 1 heterocycles. The van der Waals surface area contributed by atoms with Gasteiger partial charge in [0.15, 0.2) is 0 Å². The van der Waals surface area contributed by atoms with Gasteiger partial charge in [-0.2, -0.15) is 0 Å². The summed E-state index contributed by atoms with van der Waals surface area (Å²) in [6, 6.07) is 2.71. The van der Waals surface area contributed by atoms with Crippen LogP contribution < -0.4 is 0 Å². The Morgan fingerprint density at radius 2 is 2.50 bits per heavy atom. The van der Waals surface area contributed by atoms with Gasteiger partial charge in [-0.3, -0.25) is 10.1 Å². The third-order valence-electron chi connectivity index (χ3n) is 1.20. The van der Waals surface area contributed by atoms with Crippen LogP contribution in [0.3, 0.4) is 0 Å². The van der Waals surface area contributed by atoms with Crippen LogP contribution in [0.4, 0.5) is 5.88 Å². The maximum Gasteiger partial charge on any atom is 0.433 e. The summed E-state index contributed by atoms with van der Waals surface area (Å²) in [6.07, 6.45) is 1.42. The Hall–Kier alpha value is -1.85. The van der Waals surface area contributed by atoms with Gasteiger partial charge in [0.2, 0.25) is 0 Å². The first kappa shape index (κ1) is 8.25. The van der Waals surface area contributed by atoms with E-state index in [9.17, 15) is 10.1 Å². The van der Waals surface area contributed by atoms with Crippen molar-refractivity contribution in [1.82, 2.24) is 0 Å². The summed E-state index contributed by atoms with van der Waals surface area (Å²) in [7, 11) is 0. The summed E-state index contributed by atoms with van der Waals surface area (Å²) >= 11 is 0. The fraction of sp³-hybridized carbons (Fsp3) is 0.167. The van der Waals surface area contributed by atoms with Crippen molar-refractivity contribution in [3.8, 4) is 0 Å². The molecule has 0 atom stereocenters. The Balaban J connectivity index is 2.70. The van der Waals surface area contributed by atoms with Crippen molar-refractivity contribution >= 4 is 12.1 Å². The molecule has 0 fully saturated rings. The van der Waals surface area contributed by atoms with Gasteiger partial charge in [-0.1, -0.05) is 0 Å². The molecular formula is C6H6N2O4. The molecule has 1 aromatic heterocycles. The molecule has 0 aliphatic heterocycles. The first-order valence-electron chi connectivity index (χ1n) is 3.13. The fourth-order valence-corrected chi connectivity index (χ4v) is 0.705. The maximum absolute atomic E-state index is 10.1. The molecule has 64 valence electrons. The summed E-state index contributed by atoms with van der Waals surface area (Å²) in [5.41, 5.74) is 0. The molecular weight excluding hydrogens is 164 g/mol. The molecule has 0 saturated carbocycles. The summed E-state index contributed by atoms with van der Waals surface area (Å²) in [4.78, 5) is 9.49. The van der Waals surface area contributed by atoms with E-state index in [4.69, 9.17) is 9.62 Å². The van der Waals surface area contributed by atoms with Crippen molar-refractivity contribution in [3.63, 3.8) is 0 Å². The highest BCUT2D eigenvalue weighted by Gasteiger charge is 2.10. The number of oxime groups is 1. The van der Waals surface area contributed by atoms with Crippen molar-refractivity contribution in [2.24, 2.45) is 5.16 Å². The van der Waals surface area contributed by atoms with E-state index in [-0.39, 0.29) is 12.3 Å². The minimum atomic E-state index is -0.625. The third-order valence-corrected chi connectivity index (χ3v) is 1.20. The number of nitro groups is 1. The molecule has 1 N–H and O–H groups in total. The van der Waals surface area contributed by atoms with Crippen LogP contribution in [0.1, 0.15) is 5.76 Å². The lowest BCUT2D eigenvalue weighted by atomic mass is 10.3. The molecule has 1 aromatic rings. The normalized spacial score (nSPS) is 10.7. The summed E-state index contributed by atoms with van der Waals surface area (Å²) in [6.45, 7) is 0. The maximum atomic E-state index is 10.1. The van der Waals surface area contributed by atoms with Crippen LogP contribution in [-0.4, -0.2) is 16.3 Å². The van der Waals surface area contributed by atoms with E-state index in [1.54, 1.807) is 0 Å². The molecule has 0 radical (unpaired) electrons. The van der Waals surface area contributed by atoms with Crippen molar-refractivity contribution < 1.29 is 14.5 Å². The monoisotopic (exact) mass is 170 g/mol. The number of hydrogen-bond donors (Lipinski definition) is 1. The molecule has 6 nitrogen and oxygen atoms in total. The minimum absolute atomic E-state index is 0.240. The smallest absolute Gasteiger partial charge is 0.411 e. The Kier molecular flexibility index (Phi) is 2.42. The zero-order valence-corrected chi connectivity index (χ0v) is 6.01. The minimum Gasteiger partial charge on any atom is -0.411 e. The Labute approximate surface area is 67.3 Å². The average molecular weight is 170 g/mol. The van der Waals surface area contributed by atoms with Crippen LogP contribution in [0.5, 0.6) is 0 Å². The largest absolute Gasteiger partial charge is 0.433 e. The van der Waals surface area contributed by atoms with E-state index < -0.39 is 4.92 Å². The van der Waals surface area contributed by atoms with E-state index in [1.807, 2.05) is 0 Å². The molecule has 0 aliphatic rings. The summed E-state index contributed by atoms with van der Waals surface area (Å²) < 4.78 is 4.75. The summed E-state index contributed by atoms with van der Waals surface area (Å²) in [5.74, 6) is 0.0795. The van der Waals surface area contributed by atoms with Crippen LogP contribution >= 0.6 is 0 Å². The zero-order chi connectivity index (χ0) is 8.97. The molecule has 0 amide bonds. The lowest BCUT2D eigenvalue weighted by Crippen LogP contribution is -1.84. The molecule has 0 bridgehead atoms. The van der Waals surface area contributed by atoms with Crippen molar-refractivity contribution in [3.05, 3.63) is 28.0 Å². The Morgan fingerprint density at radius 1 is 1.75 bits per heavy atom. The van der Waals surface area contributed by atoms with Crippen LogP contribution in [0.25, 0.3) is 0 Å². The second-order valence-electron chi connectivity index (χ2n) is 2.00. The topological polar surface area (TPSA) is 88.9 Å². The first-order chi connectivity index (χ1) is 5.74. The quantitative estimate of drug-likeness (QED) is 0.319. The lowest BCUT2D eigenvalue weighted by Gasteiger charge is -1.84. The Bertz CT molecular complexity index is 304. The van der Waals surface area contributed by atoms with Crippen LogP contribution in [0.2, 0.25) is 0 Å². The van der Waals surface area contributed by atoms with Gasteiger partial charge in [0, 0.05) is 6.42 Å². The van der Waals surface area contributed by atoms with Gasteiger partial charge in [0.05, 0.1) is 12.3 Å². The predicted octanol–water partition coefficient (Wildman–Crippen LogP) is 1.19. The SMILES string of the molecule is O=[N+]([O-])c1ccc(CC=NO)o1. The molecule has 0 unspecified atom stereocenters. The van der Waals surface area contributed by atoms with Gasteiger partial charge in [-0.25, -0.2) is 0 Å². The average Bonchev–Trinajstić information content (AvgIpc) is 2.48. The van der Waals surface area contributed by atoms with Gasteiger partial charge in [0.1, 0.15) is 10.7 Å².